The van der Waals surface area contributed by atoms with Crippen LogP contribution in [0.1, 0.15) is 29.8 Å². The van der Waals surface area contributed by atoms with Gasteiger partial charge in [-0.2, -0.15) is 13.2 Å². The van der Waals surface area contributed by atoms with Gasteiger partial charge in [0, 0.05) is 37.1 Å². The summed E-state index contributed by atoms with van der Waals surface area (Å²) < 4.78 is 39.0. The van der Waals surface area contributed by atoms with Crippen molar-refractivity contribution in [1.82, 2.24) is 15.3 Å². The number of anilines is 1. The molecule has 0 aromatic carbocycles. The highest BCUT2D eigenvalue weighted by atomic mass is 19.4. The minimum Gasteiger partial charge on any atom is -0.356 e. The number of carbonyl (C=O) groups excluding carboxylic acids is 1. The predicted octanol–water partition coefficient (Wildman–Crippen LogP) is 2.95. The molecule has 0 bridgehead atoms. The fourth-order valence-electron chi connectivity index (χ4n) is 2.90. The minimum atomic E-state index is -4.49. The molecule has 0 spiro atoms. The molecule has 1 aliphatic rings. The quantitative estimate of drug-likeness (QED) is 0.886. The lowest BCUT2D eigenvalue weighted by Crippen LogP contribution is -2.28. The van der Waals surface area contributed by atoms with E-state index in [1.165, 1.54) is 6.07 Å². The van der Waals surface area contributed by atoms with Gasteiger partial charge in [-0.05, 0) is 31.0 Å². The zero-order chi connectivity index (χ0) is 18.6. The van der Waals surface area contributed by atoms with Crippen LogP contribution in [0, 0.1) is 0 Å². The molecule has 0 radical (unpaired) electrons. The van der Waals surface area contributed by atoms with Crippen LogP contribution >= 0.6 is 0 Å². The second-order valence-electron chi connectivity index (χ2n) is 6.15. The Morgan fingerprint density at radius 3 is 2.58 bits per heavy atom. The third-order valence-electron chi connectivity index (χ3n) is 4.20. The fourth-order valence-corrected chi connectivity index (χ4v) is 2.90. The number of carbonyl (C=O) groups is 1. The van der Waals surface area contributed by atoms with Gasteiger partial charge in [-0.1, -0.05) is 12.1 Å². The molecule has 0 unspecified atom stereocenters. The number of amides is 1. The van der Waals surface area contributed by atoms with Gasteiger partial charge in [-0.3, -0.25) is 9.78 Å². The van der Waals surface area contributed by atoms with Crippen molar-refractivity contribution in [2.24, 2.45) is 0 Å². The van der Waals surface area contributed by atoms with Gasteiger partial charge >= 0.3 is 6.18 Å². The van der Waals surface area contributed by atoms with Gasteiger partial charge in [0.2, 0.25) is 5.91 Å². The van der Waals surface area contributed by atoms with Crippen molar-refractivity contribution in [2.45, 2.75) is 32.0 Å². The van der Waals surface area contributed by atoms with Crippen molar-refractivity contribution in [3.63, 3.8) is 0 Å². The summed E-state index contributed by atoms with van der Waals surface area (Å²) in [6.45, 7) is 1.47. The first kappa shape index (κ1) is 18.2. The van der Waals surface area contributed by atoms with Gasteiger partial charge < -0.3 is 10.2 Å². The van der Waals surface area contributed by atoms with Crippen LogP contribution in [-0.2, 0) is 23.9 Å². The Labute approximate surface area is 149 Å². The number of hydrogen-bond acceptors (Lipinski definition) is 4. The topological polar surface area (TPSA) is 58.1 Å². The van der Waals surface area contributed by atoms with Gasteiger partial charge in [-0.25, -0.2) is 4.98 Å². The molecule has 26 heavy (non-hydrogen) atoms. The Bertz CT molecular complexity index is 759. The van der Waals surface area contributed by atoms with E-state index in [4.69, 9.17) is 0 Å². The van der Waals surface area contributed by atoms with Crippen molar-refractivity contribution < 1.29 is 18.0 Å². The zero-order valence-electron chi connectivity index (χ0n) is 14.1. The normalized spacial score (nSPS) is 14.5. The van der Waals surface area contributed by atoms with Crippen LogP contribution in [0.2, 0.25) is 0 Å². The molecule has 2 aromatic heterocycles. The smallest absolute Gasteiger partial charge is 0.356 e. The molecule has 5 nitrogen and oxygen atoms in total. The average Bonchev–Trinajstić information content (AvgIpc) is 3.14. The molecule has 3 rings (SSSR count). The van der Waals surface area contributed by atoms with E-state index in [1.54, 1.807) is 24.4 Å². The number of rotatable bonds is 5. The second kappa shape index (κ2) is 7.72. The largest absolute Gasteiger partial charge is 0.433 e. The van der Waals surface area contributed by atoms with Gasteiger partial charge in [0.15, 0.2) is 0 Å². The SMILES string of the molecule is O=C(Cc1ccccn1)NCc1ccc(C(F)(F)F)nc1N1CCCC1. The van der Waals surface area contributed by atoms with Crippen LogP contribution in [0.25, 0.3) is 0 Å². The Hall–Kier alpha value is -2.64. The summed E-state index contributed by atoms with van der Waals surface area (Å²) in [5.41, 5.74) is 0.299. The summed E-state index contributed by atoms with van der Waals surface area (Å²) in [4.78, 5) is 21.8. The van der Waals surface area contributed by atoms with E-state index in [0.717, 1.165) is 18.9 Å². The van der Waals surface area contributed by atoms with Crippen LogP contribution in [-0.4, -0.2) is 29.0 Å². The van der Waals surface area contributed by atoms with Crippen LogP contribution in [0.15, 0.2) is 36.5 Å². The molecule has 1 amide bonds. The lowest BCUT2D eigenvalue weighted by molar-refractivity contribution is -0.141. The molecular weight excluding hydrogens is 345 g/mol. The summed E-state index contributed by atoms with van der Waals surface area (Å²) in [6, 6.07) is 7.65. The first-order valence-corrected chi connectivity index (χ1v) is 8.42. The van der Waals surface area contributed by atoms with E-state index < -0.39 is 11.9 Å². The first-order chi connectivity index (χ1) is 12.4. The van der Waals surface area contributed by atoms with Crippen LogP contribution < -0.4 is 10.2 Å². The molecule has 3 heterocycles. The Kier molecular flexibility index (Phi) is 5.39. The molecule has 8 heteroatoms. The summed E-state index contributed by atoms with van der Waals surface area (Å²) in [6.07, 6.45) is -0.927. The summed E-state index contributed by atoms with van der Waals surface area (Å²) in [5, 5.41) is 2.74. The van der Waals surface area contributed by atoms with Crippen molar-refractivity contribution in [3.05, 3.63) is 53.5 Å². The molecule has 0 atom stereocenters. The van der Waals surface area contributed by atoms with Gasteiger partial charge in [0.25, 0.3) is 0 Å². The predicted molar refractivity (Wildman–Crippen MR) is 90.5 cm³/mol. The lowest BCUT2D eigenvalue weighted by atomic mass is 10.2. The third-order valence-corrected chi connectivity index (χ3v) is 4.20. The highest BCUT2D eigenvalue weighted by Crippen LogP contribution is 2.31. The molecule has 1 saturated heterocycles. The number of nitrogens with zero attached hydrogens (tertiary/aromatic N) is 3. The highest BCUT2D eigenvalue weighted by molar-refractivity contribution is 5.78. The fraction of sp³-hybridized carbons (Fsp3) is 0.389. The molecule has 1 N–H and O–H groups in total. The molecule has 1 fully saturated rings. The zero-order valence-corrected chi connectivity index (χ0v) is 14.1. The Morgan fingerprint density at radius 1 is 1.15 bits per heavy atom. The highest BCUT2D eigenvalue weighted by Gasteiger charge is 2.34. The molecular formula is C18H19F3N4O. The molecule has 0 aliphatic carbocycles. The maximum Gasteiger partial charge on any atom is 0.433 e. The van der Waals surface area contributed by atoms with E-state index in [0.29, 0.717) is 30.2 Å². The van der Waals surface area contributed by atoms with Crippen molar-refractivity contribution >= 4 is 11.7 Å². The number of hydrogen-bond donors (Lipinski definition) is 1. The van der Waals surface area contributed by atoms with Crippen molar-refractivity contribution in [3.8, 4) is 0 Å². The number of halogens is 3. The van der Waals surface area contributed by atoms with Crippen molar-refractivity contribution in [1.29, 1.82) is 0 Å². The van der Waals surface area contributed by atoms with Crippen LogP contribution in [0.3, 0.4) is 0 Å². The molecule has 0 saturated carbocycles. The summed E-state index contributed by atoms with van der Waals surface area (Å²) in [5.74, 6) is 0.0615. The number of alkyl halides is 3. The average molecular weight is 364 g/mol. The third kappa shape index (κ3) is 4.50. The van der Waals surface area contributed by atoms with E-state index >= 15 is 0 Å². The van der Waals surface area contributed by atoms with E-state index in [9.17, 15) is 18.0 Å². The van der Waals surface area contributed by atoms with E-state index in [-0.39, 0.29) is 18.9 Å². The first-order valence-electron chi connectivity index (χ1n) is 8.42. The Balaban J connectivity index is 1.73. The molecule has 2 aromatic rings. The lowest BCUT2D eigenvalue weighted by Gasteiger charge is -2.21. The van der Waals surface area contributed by atoms with Gasteiger partial charge in [-0.15, -0.1) is 0 Å². The maximum atomic E-state index is 13.0. The number of nitrogens with one attached hydrogen (secondary N) is 1. The van der Waals surface area contributed by atoms with Crippen molar-refractivity contribution in [2.75, 3.05) is 18.0 Å². The summed E-state index contributed by atoms with van der Waals surface area (Å²) >= 11 is 0. The van der Waals surface area contributed by atoms with Crippen LogP contribution in [0.4, 0.5) is 19.0 Å². The number of pyridine rings is 2. The minimum absolute atomic E-state index is 0.119. The summed E-state index contributed by atoms with van der Waals surface area (Å²) in [7, 11) is 0. The second-order valence-corrected chi connectivity index (χ2v) is 6.15. The molecule has 1 aliphatic heterocycles. The van der Waals surface area contributed by atoms with E-state index in [2.05, 4.69) is 15.3 Å². The molecule has 138 valence electrons. The monoisotopic (exact) mass is 364 g/mol. The van der Waals surface area contributed by atoms with E-state index in [1.807, 2.05) is 4.90 Å². The Morgan fingerprint density at radius 2 is 1.92 bits per heavy atom. The maximum absolute atomic E-state index is 13.0. The van der Waals surface area contributed by atoms with Crippen LogP contribution in [0.5, 0.6) is 0 Å². The van der Waals surface area contributed by atoms with Gasteiger partial charge in [0.05, 0.1) is 6.42 Å². The standard InChI is InChI=1S/C18H19F3N4O/c19-18(20,21)15-7-6-13(17(24-15)25-9-3-4-10-25)12-23-16(26)11-14-5-1-2-8-22-14/h1-2,5-8H,3-4,9-12H2,(H,23,26). The number of aromatic nitrogens is 2. The van der Waals surface area contributed by atoms with Gasteiger partial charge in [0.1, 0.15) is 11.5 Å².